The number of nitrogens with zero attached hydrogens (tertiary/aromatic N) is 3. The van der Waals surface area contributed by atoms with E-state index in [0.717, 1.165) is 49.4 Å². The summed E-state index contributed by atoms with van der Waals surface area (Å²) >= 11 is 1.31. The van der Waals surface area contributed by atoms with Crippen molar-refractivity contribution in [2.45, 2.75) is 17.0 Å². The largest absolute Gasteiger partial charge is 0.360 e. The summed E-state index contributed by atoms with van der Waals surface area (Å²) in [5.41, 5.74) is 2.94. The van der Waals surface area contributed by atoms with Crippen LogP contribution in [-0.2, 0) is 0 Å². The first-order valence-electron chi connectivity index (χ1n) is 9.13. The van der Waals surface area contributed by atoms with E-state index >= 15 is 0 Å². The molecule has 3 aromatic rings. The molecule has 140 valence electrons. The van der Waals surface area contributed by atoms with Gasteiger partial charge in [0.15, 0.2) is 5.16 Å². The highest BCUT2D eigenvalue weighted by Gasteiger charge is 2.22. The Hall–Kier alpha value is -2.58. The van der Waals surface area contributed by atoms with Crippen molar-refractivity contribution in [1.82, 2.24) is 9.97 Å². The van der Waals surface area contributed by atoms with Gasteiger partial charge in [0.05, 0.1) is 53.6 Å². The zero-order chi connectivity index (χ0) is 18.8. The lowest BCUT2D eigenvalue weighted by atomic mass is 10.2. The van der Waals surface area contributed by atoms with Gasteiger partial charge in [0, 0.05) is 11.8 Å². The molecule has 1 fully saturated rings. The maximum atomic E-state index is 11.5. The van der Waals surface area contributed by atoms with E-state index in [1.807, 2.05) is 36.4 Å². The zero-order valence-corrected chi connectivity index (χ0v) is 16.0. The number of rotatable bonds is 5. The molecule has 8 heteroatoms. The average Bonchev–Trinajstić information content (AvgIpc) is 3.10. The second-order valence-electron chi connectivity index (χ2n) is 6.66. The Labute approximate surface area is 161 Å². The van der Waals surface area contributed by atoms with Crippen LogP contribution in [0.3, 0.4) is 0 Å². The highest BCUT2D eigenvalue weighted by molar-refractivity contribution is 7.99. The third kappa shape index (κ3) is 3.77. The minimum absolute atomic E-state index is 0.113. The average molecular weight is 384 g/mol. The predicted octanol–water partition coefficient (Wildman–Crippen LogP) is 2.35. The molecule has 0 unspecified atom stereocenters. The number of hydrogen-bond acceptors (Lipinski definition) is 5. The van der Waals surface area contributed by atoms with Crippen molar-refractivity contribution < 1.29 is 9.82 Å². The van der Waals surface area contributed by atoms with Gasteiger partial charge in [-0.05, 0) is 43.0 Å². The van der Waals surface area contributed by atoms with Crippen molar-refractivity contribution in [2.75, 3.05) is 37.6 Å². The van der Waals surface area contributed by atoms with Crippen molar-refractivity contribution in [2.24, 2.45) is 0 Å². The number of aromatic nitrogens is 2. The van der Waals surface area contributed by atoms with Crippen LogP contribution in [-0.4, -0.2) is 47.6 Å². The van der Waals surface area contributed by atoms with Crippen LogP contribution < -0.4 is 9.80 Å². The monoisotopic (exact) mass is 384 g/mol. The van der Waals surface area contributed by atoms with Gasteiger partial charge in [-0.2, -0.15) is 0 Å². The normalized spacial score (nSPS) is 15.4. The highest BCUT2D eigenvalue weighted by atomic mass is 32.2. The molecule has 0 atom stereocenters. The Kier molecular flexibility index (Phi) is 5.00. The van der Waals surface area contributed by atoms with Crippen LogP contribution >= 0.6 is 11.8 Å². The van der Waals surface area contributed by atoms with Gasteiger partial charge in [-0.3, -0.25) is 10.1 Å². The Balaban J connectivity index is 1.62. The number of imidazole rings is 1. The van der Waals surface area contributed by atoms with Gasteiger partial charge in [0.2, 0.25) is 0 Å². The summed E-state index contributed by atoms with van der Waals surface area (Å²) in [4.78, 5) is 23.5. The third-order valence-corrected chi connectivity index (χ3v) is 5.98. The number of H-pyrrole nitrogens is 1. The number of nitrogens with one attached hydrogen (secondary N) is 2. The minimum atomic E-state index is -0.325. The number of likely N-dealkylation sites (N-methyl/N-ethyl adjacent to an activating group) is 1. The number of nitro benzene ring substituents is 1. The van der Waals surface area contributed by atoms with Crippen LogP contribution in [0, 0.1) is 10.1 Å². The predicted molar refractivity (Wildman–Crippen MR) is 107 cm³/mol. The summed E-state index contributed by atoms with van der Waals surface area (Å²) in [7, 11) is 0. The first-order valence-corrected chi connectivity index (χ1v) is 9.95. The fraction of sp³-hybridized carbons (Fsp3) is 0.316. The molecule has 4 rings (SSSR count). The van der Waals surface area contributed by atoms with Crippen molar-refractivity contribution in [3.8, 4) is 0 Å². The number of aromatic amines is 1. The quantitative estimate of drug-likeness (QED) is 0.521. The first-order chi connectivity index (χ1) is 13.1. The van der Waals surface area contributed by atoms with Crippen LogP contribution in [0.4, 0.5) is 11.4 Å². The van der Waals surface area contributed by atoms with Gasteiger partial charge >= 0.3 is 0 Å². The SMILES string of the molecule is CC[NH+]1CCN(c2ccc([N+](=O)[O-])c(Sc3nc4ccccc4[nH]3)c2)CC1. The van der Waals surface area contributed by atoms with Crippen molar-refractivity contribution in [3.63, 3.8) is 0 Å². The van der Waals surface area contributed by atoms with Gasteiger partial charge in [0.1, 0.15) is 0 Å². The molecule has 1 aliphatic rings. The molecule has 1 saturated heterocycles. The van der Waals surface area contributed by atoms with E-state index in [-0.39, 0.29) is 10.6 Å². The molecule has 7 nitrogen and oxygen atoms in total. The van der Waals surface area contributed by atoms with Crippen molar-refractivity contribution >= 4 is 34.2 Å². The van der Waals surface area contributed by atoms with Crippen LogP contribution in [0.2, 0.25) is 0 Å². The van der Waals surface area contributed by atoms with Crippen LogP contribution in [0.5, 0.6) is 0 Å². The molecular weight excluding hydrogens is 362 g/mol. The summed E-state index contributed by atoms with van der Waals surface area (Å²) in [6.07, 6.45) is 0. The topological polar surface area (TPSA) is 79.5 Å². The Morgan fingerprint density at radius 1 is 1.26 bits per heavy atom. The number of quaternary nitrogens is 1. The first kappa shape index (κ1) is 17.8. The Morgan fingerprint density at radius 3 is 2.74 bits per heavy atom. The van der Waals surface area contributed by atoms with Gasteiger partial charge in [-0.1, -0.05) is 12.1 Å². The second kappa shape index (κ2) is 7.58. The molecule has 0 spiro atoms. The van der Waals surface area contributed by atoms with Crippen molar-refractivity contribution in [3.05, 3.63) is 52.6 Å². The van der Waals surface area contributed by atoms with E-state index in [1.165, 1.54) is 11.8 Å². The molecule has 2 N–H and O–H groups in total. The number of nitro groups is 1. The standard InChI is InChI=1S/C19H21N5O2S/c1-2-22-9-11-23(12-10-22)14-7-8-17(24(25)26)18(13-14)27-19-20-15-5-3-4-6-16(15)21-19/h3-8,13H,2,9-12H2,1H3,(H,20,21)/p+1. The summed E-state index contributed by atoms with van der Waals surface area (Å²) in [6, 6.07) is 13.1. The fourth-order valence-electron chi connectivity index (χ4n) is 3.45. The maximum absolute atomic E-state index is 11.5. The molecule has 2 aromatic carbocycles. The Bertz CT molecular complexity index is 933. The molecule has 1 aliphatic heterocycles. The van der Waals surface area contributed by atoms with Gasteiger partial charge in [0.25, 0.3) is 5.69 Å². The molecule has 1 aromatic heterocycles. The van der Waals surface area contributed by atoms with Crippen LogP contribution in [0.15, 0.2) is 52.5 Å². The van der Waals surface area contributed by atoms with E-state index < -0.39 is 0 Å². The fourth-order valence-corrected chi connectivity index (χ4v) is 4.39. The van der Waals surface area contributed by atoms with Gasteiger partial charge in [-0.15, -0.1) is 0 Å². The molecule has 0 radical (unpaired) electrons. The van der Waals surface area contributed by atoms with E-state index in [0.29, 0.717) is 10.1 Å². The number of fused-ring (bicyclic) bond motifs is 1. The summed E-state index contributed by atoms with van der Waals surface area (Å²) < 4.78 is 0. The summed E-state index contributed by atoms with van der Waals surface area (Å²) in [5, 5.41) is 12.2. The summed E-state index contributed by atoms with van der Waals surface area (Å²) in [5.74, 6) is 0. The number of hydrogen-bond donors (Lipinski definition) is 2. The summed E-state index contributed by atoms with van der Waals surface area (Å²) in [6.45, 7) is 7.48. The molecule has 0 bridgehead atoms. The number of benzene rings is 2. The highest BCUT2D eigenvalue weighted by Crippen LogP contribution is 2.37. The molecule has 2 heterocycles. The lowest BCUT2D eigenvalue weighted by molar-refractivity contribution is -0.898. The Morgan fingerprint density at radius 2 is 2.04 bits per heavy atom. The second-order valence-corrected chi connectivity index (χ2v) is 7.69. The number of anilines is 1. The lowest BCUT2D eigenvalue weighted by Crippen LogP contribution is -3.14. The smallest absolute Gasteiger partial charge is 0.283 e. The van der Waals surface area contributed by atoms with E-state index in [4.69, 9.17) is 0 Å². The van der Waals surface area contributed by atoms with Crippen molar-refractivity contribution in [1.29, 1.82) is 0 Å². The zero-order valence-electron chi connectivity index (χ0n) is 15.1. The van der Waals surface area contributed by atoms with E-state index in [9.17, 15) is 10.1 Å². The lowest BCUT2D eigenvalue weighted by Gasteiger charge is -2.33. The van der Waals surface area contributed by atoms with Gasteiger partial charge < -0.3 is 14.8 Å². The number of para-hydroxylation sites is 2. The molecule has 0 aliphatic carbocycles. The van der Waals surface area contributed by atoms with Gasteiger partial charge in [-0.25, -0.2) is 4.98 Å². The van der Waals surface area contributed by atoms with E-state index in [1.54, 1.807) is 11.0 Å². The van der Waals surface area contributed by atoms with E-state index in [2.05, 4.69) is 21.8 Å². The molecule has 27 heavy (non-hydrogen) atoms. The minimum Gasteiger partial charge on any atom is -0.360 e. The third-order valence-electron chi connectivity index (χ3n) is 5.05. The molecule has 0 saturated carbocycles. The maximum Gasteiger partial charge on any atom is 0.283 e. The molecular formula is C19H22N5O2S+. The van der Waals surface area contributed by atoms with Crippen LogP contribution in [0.1, 0.15) is 6.92 Å². The molecule has 0 amide bonds. The number of piperazine rings is 1. The van der Waals surface area contributed by atoms with Crippen LogP contribution in [0.25, 0.3) is 11.0 Å².